The van der Waals surface area contributed by atoms with Crippen LogP contribution in [0.25, 0.3) is 0 Å². The molecule has 1 aliphatic heterocycles. The van der Waals surface area contributed by atoms with E-state index >= 15 is 0 Å². The zero-order chi connectivity index (χ0) is 13.0. The molecule has 1 heterocycles. The van der Waals surface area contributed by atoms with Gasteiger partial charge in [-0.15, -0.1) is 6.42 Å². The van der Waals surface area contributed by atoms with Crippen molar-refractivity contribution in [1.29, 1.82) is 0 Å². The summed E-state index contributed by atoms with van der Waals surface area (Å²) in [7, 11) is 0. The van der Waals surface area contributed by atoms with E-state index in [4.69, 9.17) is 16.9 Å². The fourth-order valence-electron chi connectivity index (χ4n) is 1.97. The van der Waals surface area contributed by atoms with E-state index in [1.807, 2.05) is 30.3 Å². The molecule has 4 heteroatoms. The van der Waals surface area contributed by atoms with E-state index in [1.165, 1.54) is 0 Å². The van der Waals surface area contributed by atoms with E-state index in [-0.39, 0.29) is 24.7 Å². The first-order chi connectivity index (χ1) is 8.70. The number of carbonyl (C=O) groups excluding carboxylic acids is 1. The standard InChI is InChI=1S/C14H16N2O2/c1-2-12-8-16(9-13(12)15)14(17)18-10-11-6-4-3-5-7-11/h1,3-7,12-13H,8-10,15H2/t12-,13+/m0/s1. The SMILES string of the molecule is C#C[C@H]1CN(C(=O)OCc2ccccc2)C[C@H]1N. The second kappa shape index (κ2) is 5.56. The van der Waals surface area contributed by atoms with Crippen molar-refractivity contribution in [3.05, 3.63) is 35.9 Å². The zero-order valence-electron chi connectivity index (χ0n) is 10.1. The third kappa shape index (κ3) is 2.82. The maximum Gasteiger partial charge on any atom is 0.410 e. The van der Waals surface area contributed by atoms with Gasteiger partial charge in [-0.3, -0.25) is 0 Å². The molecule has 0 aliphatic carbocycles. The van der Waals surface area contributed by atoms with Crippen LogP contribution in [-0.2, 0) is 11.3 Å². The first-order valence-corrected chi connectivity index (χ1v) is 5.88. The lowest BCUT2D eigenvalue weighted by molar-refractivity contribution is 0.103. The van der Waals surface area contributed by atoms with Gasteiger partial charge in [-0.2, -0.15) is 0 Å². The summed E-state index contributed by atoms with van der Waals surface area (Å²) in [5.74, 6) is 2.52. The third-order valence-corrected chi connectivity index (χ3v) is 3.04. The Morgan fingerprint density at radius 1 is 1.44 bits per heavy atom. The van der Waals surface area contributed by atoms with Crippen LogP contribution in [-0.4, -0.2) is 30.1 Å². The van der Waals surface area contributed by atoms with Crippen LogP contribution in [0, 0.1) is 18.3 Å². The van der Waals surface area contributed by atoms with Crippen molar-refractivity contribution in [2.45, 2.75) is 12.6 Å². The topological polar surface area (TPSA) is 55.6 Å². The summed E-state index contributed by atoms with van der Waals surface area (Å²) in [6, 6.07) is 9.40. The van der Waals surface area contributed by atoms with Gasteiger partial charge < -0.3 is 15.4 Å². The molecule has 1 amide bonds. The largest absolute Gasteiger partial charge is 0.445 e. The lowest BCUT2D eigenvalue weighted by atomic mass is 10.1. The van der Waals surface area contributed by atoms with Crippen molar-refractivity contribution in [2.75, 3.05) is 13.1 Å². The minimum absolute atomic E-state index is 0.0747. The molecule has 1 saturated heterocycles. The monoisotopic (exact) mass is 244 g/mol. The summed E-state index contributed by atoms with van der Waals surface area (Å²) >= 11 is 0. The molecule has 4 nitrogen and oxygen atoms in total. The highest BCUT2D eigenvalue weighted by atomic mass is 16.6. The average Bonchev–Trinajstić information content (AvgIpc) is 2.78. The van der Waals surface area contributed by atoms with Crippen LogP contribution < -0.4 is 5.73 Å². The normalized spacial score (nSPS) is 22.6. The molecular weight excluding hydrogens is 228 g/mol. The van der Waals surface area contributed by atoms with Gasteiger partial charge in [-0.05, 0) is 5.56 Å². The Hall–Kier alpha value is -1.99. The summed E-state index contributed by atoms with van der Waals surface area (Å²) in [5.41, 5.74) is 6.79. The van der Waals surface area contributed by atoms with Crippen LogP contribution in [0.1, 0.15) is 5.56 Å². The van der Waals surface area contributed by atoms with E-state index in [0.29, 0.717) is 13.1 Å². The fourth-order valence-corrected chi connectivity index (χ4v) is 1.97. The molecule has 2 rings (SSSR count). The summed E-state index contributed by atoms with van der Waals surface area (Å²) in [5, 5.41) is 0. The van der Waals surface area contributed by atoms with E-state index in [1.54, 1.807) is 4.90 Å². The van der Waals surface area contributed by atoms with E-state index < -0.39 is 0 Å². The molecule has 94 valence electrons. The second-order valence-electron chi connectivity index (χ2n) is 4.38. The smallest absolute Gasteiger partial charge is 0.410 e. The predicted molar refractivity (Wildman–Crippen MR) is 68.5 cm³/mol. The quantitative estimate of drug-likeness (QED) is 0.796. The Labute approximate surface area is 107 Å². The van der Waals surface area contributed by atoms with Crippen LogP contribution in [0.2, 0.25) is 0 Å². The maximum absolute atomic E-state index is 11.8. The number of benzene rings is 1. The van der Waals surface area contributed by atoms with Crippen molar-refractivity contribution in [3.8, 4) is 12.3 Å². The summed E-state index contributed by atoms with van der Waals surface area (Å²) < 4.78 is 5.22. The van der Waals surface area contributed by atoms with Gasteiger partial charge in [-0.25, -0.2) is 4.79 Å². The number of hydrogen-bond acceptors (Lipinski definition) is 3. The van der Waals surface area contributed by atoms with Gasteiger partial charge in [0.1, 0.15) is 6.61 Å². The summed E-state index contributed by atoms with van der Waals surface area (Å²) in [6.07, 6.45) is 4.99. The van der Waals surface area contributed by atoms with Crippen molar-refractivity contribution >= 4 is 6.09 Å². The molecule has 18 heavy (non-hydrogen) atoms. The molecule has 1 aliphatic rings. The minimum Gasteiger partial charge on any atom is -0.445 e. The van der Waals surface area contributed by atoms with Crippen molar-refractivity contribution in [2.24, 2.45) is 11.7 Å². The number of nitrogens with two attached hydrogens (primary N) is 1. The van der Waals surface area contributed by atoms with Crippen molar-refractivity contribution in [3.63, 3.8) is 0 Å². The second-order valence-corrected chi connectivity index (χ2v) is 4.38. The Morgan fingerprint density at radius 2 is 2.17 bits per heavy atom. The molecule has 1 aromatic carbocycles. The van der Waals surface area contributed by atoms with Gasteiger partial charge in [0.25, 0.3) is 0 Å². The zero-order valence-corrected chi connectivity index (χ0v) is 10.1. The molecule has 0 bridgehead atoms. The van der Waals surface area contributed by atoms with E-state index in [9.17, 15) is 4.79 Å². The third-order valence-electron chi connectivity index (χ3n) is 3.04. The van der Waals surface area contributed by atoms with Gasteiger partial charge in [0.05, 0.1) is 5.92 Å². The van der Waals surface area contributed by atoms with Gasteiger partial charge in [-0.1, -0.05) is 36.3 Å². The van der Waals surface area contributed by atoms with Crippen LogP contribution in [0.5, 0.6) is 0 Å². The van der Waals surface area contributed by atoms with Crippen LogP contribution in [0.4, 0.5) is 4.79 Å². The molecule has 0 spiro atoms. The van der Waals surface area contributed by atoms with E-state index in [2.05, 4.69) is 5.92 Å². The maximum atomic E-state index is 11.8. The van der Waals surface area contributed by atoms with Crippen LogP contribution >= 0.6 is 0 Å². The summed E-state index contributed by atoms with van der Waals surface area (Å²) in [6.45, 7) is 1.21. The molecular formula is C14H16N2O2. The Morgan fingerprint density at radius 3 is 2.78 bits per heavy atom. The van der Waals surface area contributed by atoms with Crippen LogP contribution in [0.15, 0.2) is 30.3 Å². The highest BCUT2D eigenvalue weighted by molar-refractivity contribution is 5.68. The minimum atomic E-state index is -0.355. The van der Waals surface area contributed by atoms with Crippen molar-refractivity contribution < 1.29 is 9.53 Å². The number of nitrogens with zero attached hydrogens (tertiary/aromatic N) is 1. The first kappa shape index (κ1) is 12.5. The number of amides is 1. The first-order valence-electron chi connectivity index (χ1n) is 5.88. The summed E-state index contributed by atoms with van der Waals surface area (Å²) in [4.78, 5) is 13.4. The Kier molecular flexibility index (Phi) is 3.85. The predicted octanol–water partition coefficient (Wildman–Crippen LogP) is 1.22. The Bertz CT molecular complexity index is 453. The number of terminal acetylenes is 1. The fraction of sp³-hybridized carbons (Fsp3) is 0.357. The lowest BCUT2D eigenvalue weighted by Crippen LogP contribution is -2.32. The number of rotatable bonds is 2. The molecule has 0 saturated carbocycles. The van der Waals surface area contributed by atoms with Gasteiger partial charge in [0, 0.05) is 19.1 Å². The molecule has 0 unspecified atom stereocenters. The number of carbonyl (C=O) groups is 1. The molecule has 0 radical (unpaired) electrons. The highest BCUT2D eigenvalue weighted by Gasteiger charge is 2.32. The molecule has 0 aromatic heterocycles. The molecule has 1 aromatic rings. The molecule has 2 atom stereocenters. The van der Waals surface area contributed by atoms with Gasteiger partial charge >= 0.3 is 6.09 Å². The molecule has 2 N–H and O–H groups in total. The lowest BCUT2D eigenvalue weighted by Gasteiger charge is -2.15. The van der Waals surface area contributed by atoms with Crippen molar-refractivity contribution in [1.82, 2.24) is 4.90 Å². The number of ether oxygens (including phenoxy) is 1. The number of hydrogen-bond donors (Lipinski definition) is 1. The highest BCUT2D eigenvalue weighted by Crippen LogP contribution is 2.15. The van der Waals surface area contributed by atoms with Gasteiger partial charge in [0.2, 0.25) is 0 Å². The van der Waals surface area contributed by atoms with E-state index in [0.717, 1.165) is 5.56 Å². The average molecular weight is 244 g/mol. The van der Waals surface area contributed by atoms with Gasteiger partial charge in [0.15, 0.2) is 0 Å². The number of likely N-dealkylation sites (tertiary alicyclic amines) is 1. The molecule has 1 fully saturated rings. The van der Waals surface area contributed by atoms with Crippen LogP contribution in [0.3, 0.4) is 0 Å². The Balaban J connectivity index is 1.85.